The first-order valence-corrected chi connectivity index (χ1v) is 16.1. The summed E-state index contributed by atoms with van der Waals surface area (Å²) in [7, 11) is -3.45. The first-order chi connectivity index (χ1) is 19.2. The van der Waals surface area contributed by atoms with E-state index in [2.05, 4.69) is 29.5 Å². The lowest BCUT2D eigenvalue weighted by Gasteiger charge is -2.36. The quantitative estimate of drug-likeness (QED) is 0.276. The average Bonchev–Trinajstić information content (AvgIpc) is 3.37. The van der Waals surface area contributed by atoms with Crippen molar-refractivity contribution in [3.8, 4) is 0 Å². The van der Waals surface area contributed by atoms with Crippen LogP contribution in [-0.4, -0.2) is 87.7 Å². The number of imidazole rings is 1. The standard InChI is InChI=1S/C29H46N6O5S/c1-22(2)11-14-35(27(38)33-28(3,4)19-34-15-13-31-21-34)18-25(36)24(17-23-9-6-5-7-10-23)32-26(37)29(30)12-8-16-41(39,40)20-29/h5-7,9-10,13,15,21-22,24-25,36H,8,11-12,14,16-20,30H2,1-4H3,(H,32,37)(H,33,38). The van der Waals surface area contributed by atoms with Gasteiger partial charge in [-0.2, -0.15) is 0 Å². The van der Waals surface area contributed by atoms with Gasteiger partial charge in [-0.05, 0) is 51.0 Å². The third-order valence-corrected chi connectivity index (χ3v) is 9.21. The van der Waals surface area contributed by atoms with Gasteiger partial charge in [-0.1, -0.05) is 44.2 Å². The van der Waals surface area contributed by atoms with Crippen molar-refractivity contribution in [1.29, 1.82) is 0 Å². The van der Waals surface area contributed by atoms with Crippen LogP contribution in [0.15, 0.2) is 49.1 Å². The van der Waals surface area contributed by atoms with Crippen molar-refractivity contribution < 1.29 is 23.1 Å². The van der Waals surface area contributed by atoms with Gasteiger partial charge in [0.2, 0.25) is 5.91 Å². The number of sulfone groups is 1. The van der Waals surface area contributed by atoms with E-state index in [0.29, 0.717) is 25.4 Å². The number of nitrogens with two attached hydrogens (primary N) is 1. The molecule has 2 heterocycles. The van der Waals surface area contributed by atoms with Gasteiger partial charge in [0.1, 0.15) is 5.54 Å². The molecular weight excluding hydrogens is 544 g/mol. The minimum atomic E-state index is -3.45. The highest BCUT2D eigenvalue weighted by Gasteiger charge is 2.43. The monoisotopic (exact) mass is 590 g/mol. The van der Waals surface area contributed by atoms with Gasteiger partial charge in [-0.25, -0.2) is 18.2 Å². The predicted octanol–water partition coefficient (Wildman–Crippen LogP) is 1.71. The zero-order valence-corrected chi connectivity index (χ0v) is 25.4. The summed E-state index contributed by atoms with van der Waals surface area (Å²) < 4.78 is 26.4. The van der Waals surface area contributed by atoms with Crippen LogP contribution in [0.1, 0.15) is 52.5 Å². The van der Waals surface area contributed by atoms with Gasteiger partial charge < -0.3 is 30.9 Å². The highest BCUT2D eigenvalue weighted by atomic mass is 32.2. The number of aliphatic hydroxyl groups is 1. The number of hydrogen-bond acceptors (Lipinski definition) is 7. The van der Waals surface area contributed by atoms with Crippen LogP contribution in [0.3, 0.4) is 0 Å². The second-order valence-corrected chi connectivity index (χ2v) is 14.6. The van der Waals surface area contributed by atoms with Crippen LogP contribution in [0.25, 0.3) is 0 Å². The third kappa shape index (κ3) is 10.1. The fourth-order valence-electron chi connectivity index (χ4n) is 5.07. The minimum Gasteiger partial charge on any atom is -0.389 e. The van der Waals surface area contributed by atoms with Crippen molar-refractivity contribution >= 4 is 21.8 Å². The Kier molecular flexibility index (Phi) is 11.0. The SMILES string of the molecule is CC(C)CCN(CC(O)C(Cc1ccccc1)NC(=O)C1(N)CCCS(=O)(=O)C1)C(=O)NC(C)(C)Cn1ccnc1. The topological polar surface area (TPSA) is 160 Å². The molecule has 0 saturated carbocycles. The Bertz CT molecular complexity index is 1240. The molecule has 3 unspecified atom stereocenters. The summed E-state index contributed by atoms with van der Waals surface area (Å²) in [5.74, 6) is -0.714. The molecule has 41 heavy (non-hydrogen) atoms. The number of nitrogens with zero attached hydrogens (tertiary/aromatic N) is 3. The molecule has 0 radical (unpaired) electrons. The van der Waals surface area contributed by atoms with Gasteiger partial charge in [0.15, 0.2) is 9.84 Å². The zero-order chi connectivity index (χ0) is 30.3. The first-order valence-electron chi connectivity index (χ1n) is 14.2. The lowest BCUT2D eigenvalue weighted by molar-refractivity contribution is -0.127. The molecule has 1 aromatic carbocycles. The van der Waals surface area contributed by atoms with Crippen molar-refractivity contribution in [3.63, 3.8) is 0 Å². The fourth-order valence-corrected chi connectivity index (χ4v) is 6.86. The minimum absolute atomic E-state index is 0.00637. The van der Waals surface area contributed by atoms with E-state index in [1.54, 1.807) is 17.4 Å². The highest BCUT2D eigenvalue weighted by molar-refractivity contribution is 7.91. The number of aromatic nitrogens is 2. The van der Waals surface area contributed by atoms with Crippen LogP contribution in [0.4, 0.5) is 4.79 Å². The molecule has 3 amide bonds. The van der Waals surface area contributed by atoms with Crippen LogP contribution >= 0.6 is 0 Å². The normalized spacial score (nSPS) is 20.3. The van der Waals surface area contributed by atoms with E-state index >= 15 is 0 Å². The van der Waals surface area contributed by atoms with Crippen LogP contribution < -0.4 is 16.4 Å². The van der Waals surface area contributed by atoms with Crippen molar-refractivity contribution in [2.45, 2.75) is 83.1 Å². The average molecular weight is 591 g/mol. The lowest BCUT2D eigenvalue weighted by Crippen LogP contribution is -2.64. The van der Waals surface area contributed by atoms with E-state index in [-0.39, 0.29) is 31.2 Å². The molecule has 1 fully saturated rings. The molecule has 1 aliphatic heterocycles. The fraction of sp³-hybridized carbons (Fsp3) is 0.621. The molecule has 3 rings (SSSR count). The molecular formula is C29H46N6O5S. The number of carbonyl (C=O) groups excluding carboxylic acids is 2. The van der Waals surface area contributed by atoms with Crippen molar-refractivity contribution in [1.82, 2.24) is 25.1 Å². The smallest absolute Gasteiger partial charge is 0.317 e. The molecule has 0 spiro atoms. The Balaban J connectivity index is 1.79. The van der Waals surface area contributed by atoms with E-state index in [9.17, 15) is 23.1 Å². The van der Waals surface area contributed by atoms with Gasteiger partial charge in [-0.15, -0.1) is 0 Å². The second kappa shape index (κ2) is 13.8. The number of urea groups is 1. The molecule has 1 aliphatic rings. The summed E-state index contributed by atoms with van der Waals surface area (Å²) in [5.41, 5.74) is 5.02. The van der Waals surface area contributed by atoms with Gasteiger partial charge in [0, 0.05) is 25.5 Å². The lowest BCUT2D eigenvalue weighted by atomic mass is 9.93. The summed E-state index contributed by atoms with van der Waals surface area (Å²) in [6.45, 7) is 8.84. The number of carbonyl (C=O) groups is 2. The maximum absolute atomic E-state index is 13.5. The Labute approximate surface area is 243 Å². The summed E-state index contributed by atoms with van der Waals surface area (Å²) in [6.07, 6.45) is 5.59. The molecule has 3 atom stereocenters. The predicted molar refractivity (Wildman–Crippen MR) is 159 cm³/mol. The molecule has 2 aromatic rings. The largest absolute Gasteiger partial charge is 0.389 e. The van der Waals surface area contributed by atoms with Crippen LogP contribution in [0.2, 0.25) is 0 Å². The number of hydrogen-bond donors (Lipinski definition) is 4. The van der Waals surface area contributed by atoms with E-state index in [0.717, 1.165) is 12.0 Å². The van der Waals surface area contributed by atoms with Gasteiger partial charge in [0.25, 0.3) is 0 Å². The Morgan fingerprint density at radius 1 is 1.24 bits per heavy atom. The molecule has 0 aliphatic carbocycles. The summed E-state index contributed by atoms with van der Waals surface area (Å²) in [4.78, 5) is 32.5. The molecule has 1 aromatic heterocycles. The van der Waals surface area contributed by atoms with Crippen LogP contribution in [-0.2, 0) is 27.6 Å². The number of nitrogens with one attached hydrogen (secondary N) is 2. The number of benzene rings is 1. The Hall–Kier alpha value is -2.96. The van der Waals surface area contributed by atoms with Crippen molar-refractivity contribution in [2.24, 2.45) is 11.7 Å². The molecule has 5 N–H and O–H groups in total. The van der Waals surface area contributed by atoms with Gasteiger partial charge in [0.05, 0.1) is 42.1 Å². The second-order valence-electron chi connectivity index (χ2n) is 12.4. The summed E-state index contributed by atoms with van der Waals surface area (Å²) in [5, 5.41) is 17.4. The maximum Gasteiger partial charge on any atom is 0.317 e. The highest BCUT2D eigenvalue weighted by Crippen LogP contribution is 2.22. The van der Waals surface area contributed by atoms with Crippen LogP contribution in [0, 0.1) is 5.92 Å². The number of rotatable bonds is 13. The third-order valence-electron chi connectivity index (χ3n) is 7.34. The summed E-state index contributed by atoms with van der Waals surface area (Å²) >= 11 is 0. The van der Waals surface area contributed by atoms with E-state index in [4.69, 9.17) is 5.73 Å². The van der Waals surface area contributed by atoms with E-state index in [1.165, 1.54) is 0 Å². The Morgan fingerprint density at radius 3 is 2.56 bits per heavy atom. The molecule has 1 saturated heterocycles. The molecule has 228 valence electrons. The first kappa shape index (κ1) is 32.6. The summed E-state index contributed by atoms with van der Waals surface area (Å²) in [6, 6.07) is 8.25. The van der Waals surface area contributed by atoms with Gasteiger partial charge >= 0.3 is 6.03 Å². The van der Waals surface area contributed by atoms with E-state index < -0.39 is 44.7 Å². The van der Waals surface area contributed by atoms with Crippen molar-refractivity contribution in [2.75, 3.05) is 24.6 Å². The molecule has 11 nitrogen and oxygen atoms in total. The molecule has 12 heteroatoms. The van der Waals surface area contributed by atoms with E-state index in [1.807, 2.05) is 54.9 Å². The number of aliphatic hydroxyl groups excluding tert-OH is 1. The maximum atomic E-state index is 13.5. The van der Waals surface area contributed by atoms with Crippen molar-refractivity contribution in [3.05, 3.63) is 54.6 Å². The van der Waals surface area contributed by atoms with Gasteiger partial charge in [-0.3, -0.25) is 4.79 Å². The molecule has 0 bridgehead atoms. The zero-order valence-electron chi connectivity index (χ0n) is 24.6. The number of amides is 3. The Morgan fingerprint density at radius 2 is 1.95 bits per heavy atom. The van der Waals surface area contributed by atoms with Crippen LogP contribution in [0.5, 0.6) is 0 Å².